The van der Waals surface area contributed by atoms with Crippen LogP contribution in [0.3, 0.4) is 0 Å². The first-order chi connectivity index (χ1) is 26.9. The molecule has 3 fully saturated rings. The van der Waals surface area contributed by atoms with E-state index >= 15 is 0 Å². The zero-order valence-electron chi connectivity index (χ0n) is 33.1. The molecule has 13 nitrogen and oxygen atoms in total. The second kappa shape index (κ2) is 15.4. The van der Waals surface area contributed by atoms with Gasteiger partial charge < -0.3 is 25.0 Å². The number of carbonyl (C=O) groups excluding carboxylic acids is 3. The van der Waals surface area contributed by atoms with Crippen LogP contribution in [0.2, 0.25) is 5.02 Å². The lowest BCUT2D eigenvalue weighted by atomic mass is 9.85. The molecule has 2 aromatic carbocycles. The number of sulfonamides is 1. The van der Waals surface area contributed by atoms with Gasteiger partial charge in [0.15, 0.2) is 5.13 Å². The van der Waals surface area contributed by atoms with Crippen molar-refractivity contribution in [2.45, 2.75) is 103 Å². The molecule has 0 bridgehead atoms. The number of anilines is 1. The van der Waals surface area contributed by atoms with Gasteiger partial charge in [0.05, 0.1) is 30.8 Å². The van der Waals surface area contributed by atoms with E-state index in [0.29, 0.717) is 40.6 Å². The number of halogens is 1. The van der Waals surface area contributed by atoms with Crippen LogP contribution in [0.5, 0.6) is 11.6 Å². The van der Waals surface area contributed by atoms with Crippen molar-refractivity contribution in [1.82, 2.24) is 24.9 Å². The molecule has 2 aliphatic carbocycles. The molecule has 0 spiro atoms. The predicted octanol–water partition coefficient (Wildman–Crippen LogP) is 6.41. The highest BCUT2D eigenvalue weighted by molar-refractivity contribution is 7.91. The average molecular weight is 837 g/mol. The number of nitrogens with one attached hydrogen (secondary N) is 3. The van der Waals surface area contributed by atoms with Crippen molar-refractivity contribution in [2.24, 2.45) is 11.3 Å². The van der Waals surface area contributed by atoms with Crippen LogP contribution in [-0.4, -0.2) is 83.6 Å². The Kier molecular flexibility index (Phi) is 11.0. The molecule has 7 rings (SSSR count). The monoisotopic (exact) mass is 836 g/mol. The third kappa shape index (κ3) is 8.28. The summed E-state index contributed by atoms with van der Waals surface area (Å²) in [7, 11) is -2.32. The molecule has 57 heavy (non-hydrogen) atoms. The van der Waals surface area contributed by atoms with Crippen molar-refractivity contribution in [1.29, 1.82) is 0 Å². The van der Waals surface area contributed by atoms with Gasteiger partial charge in [-0.05, 0) is 68.2 Å². The van der Waals surface area contributed by atoms with E-state index in [1.54, 1.807) is 25.4 Å². The van der Waals surface area contributed by atoms with Gasteiger partial charge in [-0.25, -0.2) is 18.4 Å². The van der Waals surface area contributed by atoms with Crippen LogP contribution in [0.4, 0.5) is 5.13 Å². The Morgan fingerprint density at radius 2 is 1.86 bits per heavy atom. The lowest BCUT2D eigenvalue weighted by Crippen LogP contribution is -2.58. The number of nitrogens with zero attached hydrogens (tertiary/aromatic N) is 3. The largest absolute Gasteiger partial charge is 0.494 e. The first-order valence-corrected chi connectivity index (χ1v) is 22.0. The number of pyridine rings is 1. The van der Waals surface area contributed by atoms with Gasteiger partial charge >= 0.3 is 0 Å². The molecule has 16 heteroatoms. The molecule has 5 atom stereocenters. The van der Waals surface area contributed by atoms with E-state index in [2.05, 4.69) is 26.4 Å². The number of hydrogen-bond donors (Lipinski definition) is 3. The Bertz CT molecular complexity index is 2340. The van der Waals surface area contributed by atoms with Crippen LogP contribution in [0, 0.1) is 25.2 Å². The number of thiazole rings is 1. The molecule has 2 saturated carbocycles. The number of benzene rings is 2. The normalized spacial score (nSPS) is 22.5. The molecular weight excluding hydrogens is 788 g/mol. The zero-order chi connectivity index (χ0) is 41.0. The second-order valence-corrected chi connectivity index (χ2v) is 19.8. The summed E-state index contributed by atoms with van der Waals surface area (Å²) < 4.78 is 39.9. The molecule has 3 aliphatic rings. The number of carbonyl (C=O) groups is 3. The number of amides is 3. The van der Waals surface area contributed by atoms with E-state index in [1.807, 2.05) is 65.1 Å². The fourth-order valence-corrected chi connectivity index (χ4v) is 10.0. The molecule has 304 valence electrons. The van der Waals surface area contributed by atoms with Gasteiger partial charge in [-0.2, -0.15) is 0 Å². The molecule has 4 aromatic rings. The first-order valence-electron chi connectivity index (χ1n) is 19.2. The highest BCUT2D eigenvalue weighted by atomic mass is 35.5. The van der Waals surface area contributed by atoms with Gasteiger partial charge in [-0.3, -0.25) is 19.1 Å². The van der Waals surface area contributed by atoms with Crippen LogP contribution in [0.25, 0.3) is 22.0 Å². The van der Waals surface area contributed by atoms with Crippen molar-refractivity contribution < 1.29 is 32.3 Å². The minimum Gasteiger partial charge on any atom is -0.494 e. The maximum Gasteiger partial charge on any atom is 0.259 e. The van der Waals surface area contributed by atoms with Crippen LogP contribution in [0.1, 0.15) is 70.9 Å². The average Bonchev–Trinajstić information content (AvgIpc) is 4.04. The highest BCUT2D eigenvalue weighted by Gasteiger charge is 2.62. The number of ether oxygens (including phenoxy) is 2. The van der Waals surface area contributed by atoms with Crippen molar-refractivity contribution in [3.63, 3.8) is 0 Å². The maximum absolute atomic E-state index is 14.9. The molecule has 0 radical (unpaired) electrons. The van der Waals surface area contributed by atoms with Gasteiger partial charge in [-0.15, -0.1) is 11.3 Å². The lowest BCUT2D eigenvalue weighted by Gasteiger charge is -2.35. The molecule has 3 heterocycles. The Morgan fingerprint density at radius 3 is 2.51 bits per heavy atom. The summed E-state index contributed by atoms with van der Waals surface area (Å²) in [4.78, 5) is 54.0. The Labute approximate surface area is 342 Å². The third-order valence-corrected chi connectivity index (χ3v) is 14.0. The number of hydrogen-bond acceptors (Lipinski definition) is 11. The topological polar surface area (TPSA) is 169 Å². The van der Waals surface area contributed by atoms with Gasteiger partial charge in [-0.1, -0.05) is 69.5 Å². The van der Waals surface area contributed by atoms with E-state index in [9.17, 15) is 22.8 Å². The molecule has 2 aromatic heterocycles. The number of aryl methyl sites for hydroxylation is 2. The van der Waals surface area contributed by atoms with Crippen LogP contribution in [0.15, 0.2) is 48.0 Å². The van der Waals surface area contributed by atoms with Gasteiger partial charge in [0.2, 0.25) is 27.7 Å². The molecule has 1 aliphatic heterocycles. The smallest absolute Gasteiger partial charge is 0.259 e. The zero-order valence-corrected chi connectivity index (χ0v) is 35.5. The quantitative estimate of drug-likeness (QED) is 0.137. The molecular formula is C41H49ClN6O7S2. The predicted molar refractivity (Wildman–Crippen MR) is 221 cm³/mol. The number of rotatable bonds is 13. The lowest BCUT2D eigenvalue weighted by molar-refractivity contribution is -0.141. The van der Waals surface area contributed by atoms with Gasteiger partial charge in [0.25, 0.3) is 5.91 Å². The minimum atomic E-state index is -3.86. The number of fused-ring (bicyclic) bond motifs is 1. The fraction of sp³-hybridized carbons (Fsp3) is 0.488. The summed E-state index contributed by atoms with van der Waals surface area (Å²) in [5.74, 6) is -1.16. The molecule has 0 unspecified atom stereocenters. The standard InChI is InChI=1S/C41H49ClN6O7S2/c1-8-24-18-41(24,38(51)47-57(52,53)27-11-12-27)46-35(49)32-17-26(55-36-30-16-25(42)10-14-29(30)33(54-7)19-43-36)20-48(32)37(50)34(40(4,5)6)45-39-44-31(21-56-39)28-13-9-22(2)15-23(28)3/h9-10,13-16,19,21,24,26-27,32,34H,8,11-12,17-18,20H2,1-7H3,(H,44,45)(H,46,49)(H,47,51)/t24-,26-,32+,34-,41-/m1/s1. The number of likely N-dealkylation sites (tertiary alicyclic amines) is 1. The van der Waals surface area contributed by atoms with Crippen molar-refractivity contribution in [3.8, 4) is 22.9 Å². The maximum atomic E-state index is 14.9. The summed E-state index contributed by atoms with van der Waals surface area (Å²) in [5, 5.41) is 10.00. The fourth-order valence-electron chi connectivity index (χ4n) is 7.75. The van der Waals surface area contributed by atoms with E-state index in [4.69, 9.17) is 26.1 Å². The second-order valence-electron chi connectivity index (χ2n) is 16.5. The summed E-state index contributed by atoms with van der Waals surface area (Å²) in [6, 6.07) is 9.56. The Morgan fingerprint density at radius 1 is 1.11 bits per heavy atom. The van der Waals surface area contributed by atoms with Crippen LogP contribution in [-0.2, 0) is 24.4 Å². The van der Waals surface area contributed by atoms with E-state index in [-0.39, 0.29) is 37.1 Å². The summed E-state index contributed by atoms with van der Waals surface area (Å²) in [5.41, 5.74) is 1.96. The minimum absolute atomic E-state index is 0.0269. The number of methoxy groups -OCH3 is 1. The summed E-state index contributed by atoms with van der Waals surface area (Å²) >= 11 is 7.78. The molecule has 1 saturated heterocycles. The van der Waals surface area contributed by atoms with Crippen molar-refractivity contribution >= 4 is 66.6 Å². The SMILES string of the molecule is CC[C@@H]1C[C@]1(NC(=O)[C@@H]1C[C@@H](Oc2ncc(OC)c3ccc(Cl)cc23)CN1C(=O)[C@@H](Nc1nc(-c2ccc(C)cc2C)cs1)C(C)(C)C)C(=O)NS(=O)(=O)C1CC1. The van der Waals surface area contributed by atoms with Crippen LogP contribution < -0.4 is 24.8 Å². The van der Waals surface area contributed by atoms with Crippen molar-refractivity contribution in [2.75, 3.05) is 19.0 Å². The van der Waals surface area contributed by atoms with Gasteiger partial charge in [0.1, 0.15) is 29.5 Å². The Balaban J connectivity index is 1.19. The van der Waals surface area contributed by atoms with E-state index in [1.165, 1.54) is 16.2 Å². The molecule has 3 N–H and O–H groups in total. The third-order valence-electron chi connectivity index (χ3n) is 11.2. The summed E-state index contributed by atoms with van der Waals surface area (Å²) in [6.07, 6.45) is 2.73. The summed E-state index contributed by atoms with van der Waals surface area (Å²) in [6.45, 7) is 11.8. The van der Waals surface area contributed by atoms with E-state index < -0.39 is 56.2 Å². The van der Waals surface area contributed by atoms with Gasteiger partial charge in [0, 0.05) is 33.2 Å². The van der Waals surface area contributed by atoms with Crippen molar-refractivity contribution in [3.05, 3.63) is 64.1 Å². The molecule has 3 amide bonds. The highest BCUT2D eigenvalue weighted by Crippen LogP contribution is 2.47. The first kappa shape index (κ1) is 40.7. The van der Waals surface area contributed by atoms with E-state index in [0.717, 1.165) is 27.8 Å². The number of aromatic nitrogens is 2. The van der Waals surface area contributed by atoms with Crippen LogP contribution >= 0.6 is 22.9 Å². The Hall–Kier alpha value is -4.47.